The van der Waals surface area contributed by atoms with Crippen LogP contribution in [-0.4, -0.2) is 42.7 Å². The predicted octanol–water partition coefficient (Wildman–Crippen LogP) is 9.69. The average Bonchev–Trinajstić information content (AvgIpc) is 3.10. The van der Waals surface area contributed by atoms with Gasteiger partial charge in [0.1, 0.15) is 0 Å². The van der Waals surface area contributed by atoms with Crippen molar-refractivity contribution in [1.29, 1.82) is 0 Å². The third-order valence-corrected chi connectivity index (χ3v) is 13.7. The van der Waals surface area contributed by atoms with Gasteiger partial charge in [0.15, 0.2) is 0 Å². The van der Waals surface area contributed by atoms with E-state index in [1.807, 2.05) is 12.3 Å². The Morgan fingerprint density at radius 1 is 0.583 bits per heavy atom. The molecule has 4 heterocycles. The van der Waals surface area contributed by atoms with Gasteiger partial charge in [0.25, 0.3) is 0 Å². The standard InChI is InChI=1S/C44H70N4/c1-29(2)42(38-11-7-9-25-45-38)34-17-13-32(14-18-34)36-21-23-40(47-27-36)43(30(3)4)35-19-15-33(16-20-35)37-22-24-41(48-28-37)44(31(5)6)39-12-8-10-26-46-39/h8,10,12-14,17-18,26,29-31,33,35-38,40-45,47-48H,7,9,11,15-16,19-25,27-28H2,1-6H3. The van der Waals surface area contributed by atoms with Gasteiger partial charge in [-0.25, -0.2) is 0 Å². The Morgan fingerprint density at radius 2 is 1.27 bits per heavy atom. The molecule has 266 valence electrons. The Labute approximate surface area is 294 Å². The highest BCUT2D eigenvalue weighted by molar-refractivity contribution is 5.30. The first-order valence-corrected chi connectivity index (χ1v) is 20.5. The molecule has 4 heteroatoms. The molecule has 6 rings (SSSR count). The van der Waals surface area contributed by atoms with Gasteiger partial charge in [-0.2, -0.15) is 0 Å². The summed E-state index contributed by atoms with van der Waals surface area (Å²) in [6.45, 7) is 18.1. The number of aromatic nitrogens is 1. The highest BCUT2D eigenvalue weighted by atomic mass is 15.0. The van der Waals surface area contributed by atoms with Gasteiger partial charge in [0.2, 0.25) is 0 Å². The van der Waals surface area contributed by atoms with Gasteiger partial charge in [0.05, 0.1) is 0 Å². The fourth-order valence-electron chi connectivity index (χ4n) is 11.3. The minimum Gasteiger partial charge on any atom is -0.313 e. The molecule has 4 nitrogen and oxygen atoms in total. The van der Waals surface area contributed by atoms with Crippen molar-refractivity contribution in [2.75, 3.05) is 19.6 Å². The number of hydrogen-bond acceptors (Lipinski definition) is 4. The lowest BCUT2D eigenvalue weighted by Crippen LogP contribution is -2.48. The molecule has 48 heavy (non-hydrogen) atoms. The van der Waals surface area contributed by atoms with E-state index in [2.05, 4.69) is 93.9 Å². The average molecular weight is 655 g/mol. The van der Waals surface area contributed by atoms with E-state index in [1.54, 1.807) is 11.1 Å². The van der Waals surface area contributed by atoms with Crippen LogP contribution in [0.3, 0.4) is 0 Å². The van der Waals surface area contributed by atoms with Gasteiger partial charge in [-0.3, -0.25) is 4.98 Å². The summed E-state index contributed by atoms with van der Waals surface area (Å²) in [5.41, 5.74) is 4.36. The van der Waals surface area contributed by atoms with Crippen molar-refractivity contribution < 1.29 is 0 Å². The summed E-state index contributed by atoms with van der Waals surface area (Å²) in [6.07, 6.45) is 17.1. The molecule has 1 saturated carbocycles. The first kappa shape index (κ1) is 36.1. The lowest BCUT2D eigenvalue weighted by molar-refractivity contribution is 0.0862. The third-order valence-electron chi connectivity index (χ3n) is 13.7. The van der Waals surface area contributed by atoms with Crippen LogP contribution in [0, 0.1) is 41.4 Å². The molecule has 4 fully saturated rings. The number of benzene rings is 1. The lowest BCUT2D eigenvalue weighted by atomic mass is 9.65. The van der Waals surface area contributed by atoms with Gasteiger partial charge >= 0.3 is 0 Å². The lowest BCUT2D eigenvalue weighted by Gasteiger charge is -2.45. The smallest absolute Gasteiger partial charge is 0.0452 e. The van der Waals surface area contributed by atoms with Gasteiger partial charge in [-0.05, 0) is 148 Å². The molecule has 0 amide bonds. The van der Waals surface area contributed by atoms with Crippen LogP contribution in [0.4, 0.5) is 0 Å². The van der Waals surface area contributed by atoms with Crippen LogP contribution >= 0.6 is 0 Å². The molecular formula is C44H70N4. The highest BCUT2D eigenvalue weighted by Gasteiger charge is 2.39. The van der Waals surface area contributed by atoms with Crippen molar-refractivity contribution in [3.05, 3.63) is 65.5 Å². The number of pyridine rings is 1. The molecular weight excluding hydrogens is 585 g/mol. The Balaban J connectivity index is 0.981. The van der Waals surface area contributed by atoms with Crippen LogP contribution in [0.2, 0.25) is 0 Å². The molecule has 1 aromatic heterocycles. The van der Waals surface area contributed by atoms with Gasteiger partial charge in [-0.1, -0.05) is 78.3 Å². The SMILES string of the molecule is CC(C)C(c1ccc(C2CCC(C(C(C)C)C3CCC(C4CCC(C(c5ccccn5)C(C)C)NC4)CC3)NC2)cc1)C1CCCCN1. The maximum Gasteiger partial charge on any atom is 0.0452 e. The number of piperidine rings is 3. The quantitative estimate of drug-likeness (QED) is 0.226. The largest absolute Gasteiger partial charge is 0.313 e. The highest BCUT2D eigenvalue weighted by Crippen LogP contribution is 2.44. The summed E-state index contributed by atoms with van der Waals surface area (Å²) in [5, 5.41) is 12.0. The van der Waals surface area contributed by atoms with E-state index in [0.717, 1.165) is 36.1 Å². The van der Waals surface area contributed by atoms with Crippen LogP contribution in [0.5, 0.6) is 0 Å². The summed E-state index contributed by atoms with van der Waals surface area (Å²) >= 11 is 0. The van der Waals surface area contributed by atoms with E-state index in [4.69, 9.17) is 4.98 Å². The number of rotatable bonds is 11. The summed E-state index contributed by atoms with van der Waals surface area (Å²) < 4.78 is 0. The molecule has 3 saturated heterocycles. The molecule has 0 radical (unpaired) electrons. The van der Waals surface area contributed by atoms with Crippen LogP contribution in [0.25, 0.3) is 0 Å². The maximum atomic E-state index is 4.76. The second kappa shape index (κ2) is 17.0. The van der Waals surface area contributed by atoms with E-state index in [9.17, 15) is 0 Å². The van der Waals surface area contributed by atoms with Crippen LogP contribution in [0.15, 0.2) is 48.7 Å². The van der Waals surface area contributed by atoms with E-state index >= 15 is 0 Å². The normalized spacial score (nSPS) is 32.3. The van der Waals surface area contributed by atoms with E-state index in [-0.39, 0.29) is 0 Å². The molecule has 1 aromatic carbocycles. The minimum absolute atomic E-state index is 0.512. The van der Waals surface area contributed by atoms with Crippen LogP contribution in [0.1, 0.15) is 147 Å². The van der Waals surface area contributed by atoms with Crippen molar-refractivity contribution in [1.82, 2.24) is 20.9 Å². The summed E-state index contributed by atoms with van der Waals surface area (Å²) in [4.78, 5) is 4.76. The van der Waals surface area contributed by atoms with Crippen molar-refractivity contribution in [2.24, 2.45) is 41.4 Å². The zero-order valence-electron chi connectivity index (χ0n) is 31.5. The van der Waals surface area contributed by atoms with Crippen molar-refractivity contribution in [3.8, 4) is 0 Å². The monoisotopic (exact) mass is 655 g/mol. The van der Waals surface area contributed by atoms with Crippen molar-refractivity contribution in [2.45, 2.75) is 148 Å². The fraction of sp³-hybridized carbons (Fsp3) is 0.750. The van der Waals surface area contributed by atoms with Crippen molar-refractivity contribution in [3.63, 3.8) is 0 Å². The topological polar surface area (TPSA) is 49.0 Å². The Kier molecular flexibility index (Phi) is 12.7. The third kappa shape index (κ3) is 8.57. The first-order chi connectivity index (χ1) is 23.3. The molecule has 0 spiro atoms. The number of nitrogens with one attached hydrogen (secondary N) is 3. The molecule has 1 aliphatic carbocycles. The number of hydrogen-bond donors (Lipinski definition) is 3. The summed E-state index contributed by atoms with van der Waals surface area (Å²) in [6, 6.07) is 18.2. The Bertz CT molecular complexity index is 1190. The first-order valence-electron chi connectivity index (χ1n) is 20.5. The van der Waals surface area contributed by atoms with Gasteiger partial charge in [0, 0.05) is 48.4 Å². The molecule has 8 atom stereocenters. The summed E-state index contributed by atoms with van der Waals surface area (Å²) in [7, 11) is 0. The fourth-order valence-corrected chi connectivity index (χ4v) is 11.3. The van der Waals surface area contributed by atoms with E-state index < -0.39 is 0 Å². The minimum atomic E-state index is 0.512. The van der Waals surface area contributed by atoms with Gasteiger partial charge in [-0.15, -0.1) is 0 Å². The second-order valence-electron chi connectivity index (χ2n) is 17.7. The molecule has 4 aliphatic rings. The number of nitrogens with zero attached hydrogens (tertiary/aromatic N) is 1. The second-order valence-corrected chi connectivity index (χ2v) is 17.7. The predicted molar refractivity (Wildman–Crippen MR) is 204 cm³/mol. The van der Waals surface area contributed by atoms with Crippen molar-refractivity contribution >= 4 is 0 Å². The molecule has 0 bridgehead atoms. The molecule has 3 N–H and O–H groups in total. The molecule has 8 unspecified atom stereocenters. The zero-order valence-corrected chi connectivity index (χ0v) is 31.5. The Hall–Kier alpha value is -1.75. The van der Waals surface area contributed by atoms with E-state index in [0.29, 0.717) is 47.7 Å². The molecule has 3 aliphatic heterocycles. The summed E-state index contributed by atoms with van der Waals surface area (Å²) in [5.74, 6) is 7.26. The Morgan fingerprint density at radius 3 is 1.83 bits per heavy atom. The van der Waals surface area contributed by atoms with E-state index in [1.165, 1.54) is 89.4 Å². The zero-order chi connectivity index (χ0) is 33.6. The van der Waals surface area contributed by atoms with Crippen LogP contribution < -0.4 is 16.0 Å². The van der Waals surface area contributed by atoms with Gasteiger partial charge < -0.3 is 16.0 Å². The van der Waals surface area contributed by atoms with Crippen LogP contribution in [-0.2, 0) is 0 Å². The molecule has 2 aromatic rings. The maximum absolute atomic E-state index is 4.76.